The van der Waals surface area contributed by atoms with Crippen LogP contribution in [-0.2, 0) is 11.8 Å². The molecule has 0 aromatic carbocycles. The number of carbonyl (C=O) groups is 1. The number of carbonyl (C=O) groups excluding carboxylic acids is 1. The molecule has 1 aliphatic rings. The zero-order valence-electron chi connectivity index (χ0n) is 13.0. The van der Waals surface area contributed by atoms with Gasteiger partial charge in [-0.15, -0.1) is 0 Å². The second kappa shape index (κ2) is 6.62. The number of morpholine rings is 1. The molecule has 24 heavy (non-hydrogen) atoms. The lowest BCUT2D eigenvalue weighted by atomic mass is 10.3. The molecule has 2 N–H and O–H groups in total. The maximum absolute atomic E-state index is 12.4. The van der Waals surface area contributed by atoms with Crippen molar-refractivity contribution in [1.29, 1.82) is 0 Å². The summed E-state index contributed by atoms with van der Waals surface area (Å²) in [6.07, 6.45) is 1.30. The lowest BCUT2D eigenvalue weighted by Crippen LogP contribution is -2.37. The Morgan fingerprint density at radius 2 is 2.00 bits per heavy atom. The second-order valence-corrected chi connectivity index (χ2v) is 5.20. The Labute approximate surface area is 136 Å². The van der Waals surface area contributed by atoms with E-state index >= 15 is 0 Å². The number of amides is 1. The Bertz CT molecular complexity index is 868. The fourth-order valence-electron chi connectivity index (χ4n) is 2.29. The molecule has 0 bridgehead atoms. The third-order valence-corrected chi connectivity index (χ3v) is 3.63. The van der Waals surface area contributed by atoms with Gasteiger partial charge in [-0.25, -0.2) is 14.8 Å². The predicted molar refractivity (Wildman–Crippen MR) is 85.3 cm³/mol. The first kappa shape index (κ1) is 15.9. The minimum absolute atomic E-state index is 0.0836. The van der Waals surface area contributed by atoms with Crippen molar-refractivity contribution in [2.45, 2.75) is 0 Å². The normalized spacial score (nSPS) is 14.5. The van der Waals surface area contributed by atoms with Crippen molar-refractivity contribution in [3.05, 3.63) is 45.0 Å². The summed E-state index contributed by atoms with van der Waals surface area (Å²) in [7, 11) is 1.44. The Hall–Kier alpha value is -3.01. The molecule has 1 aliphatic heterocycles. The maximum Gasteiger partial charge on any atom is 0.329 e. The quantitative estimate of drug-likeness (QED) is 0.735. The van der Waals surface area contributed by atoms with E-state index in [1.54, 1.807) is 6.07 Å². The van der Waals surface area contributed by atoms with Gasteiger partial charge in [0.25, 0.3) is 11.5 Å². The molecule has 126 valence electrons. The van der Waals surface area contributed by atoms with Crippen molar-refractivity contribution >= 4 is 17.5 Å². The SMILES string of the molecule is Cn1c(NC(=O)c2cc(N3CCOCC3)ncn2)cc(=O)[nH]c1=O. The van der Waals surface area contributed by atoms with Crippen LogP contribution in [0, 0.1) is 0 Å². The fourth-order valence-corrected chi connectivity index (χ4v) is 2.29. The van der Waals surface area contributed by atoms with Crippen LogP contribution in [0.2, 0.25) is 0 Å². The van der Waals surface area contributed by atoms with E-state index in [4.69, 9.17) is 4.74 Å². The average Bonchev–Trinajstić information content (AvgIpc) is 2.60. The molecule has 10 nitrogen and oxygen atoms in total. The molecule has 0 aliphatic carbocycles. The zero-order chi connectivity index (χ0) is 17.1. The molecule has 0 atom stereocenters. The molecule has 0 radical (unpaired) electrons. The first-order valence-corrected chi connectivity index (χ1v) is 7.31. The van der Waals surface area contributed by atoms with Crippen LogP contribution in [-0.4, -0.2) is 51.7 Å². The molecular weight excluding hydrogens is 316 g/mol. The van der Waals surface area contributed by atoms with Gasteiger partial charge in [0.15, 0.2) is 0 Å². The summed E-state index contributed by atoms with van der Waals surface area (Å²) in [6, 6.07) is 2.69. The van der Waals surface area contributed by atoms with Gasteiger partial charge >= 0.3 is 5.69 Å². The van der Waals surface area contributed by atoms with Crippen molar-refractivity contribution < 1.29 is 9.53 Å². The summed E-state index contributed by atoms with van der Waals surface area (Å²) < 4.78 is 6.41. The number of rotatable bonds is 3. The molecule has 0 saturated carbocycles. The Kier molecular flexibility index (Phi) is 4.38. The molecule has 3 heterocycles. The van der Waals surface area contributed by atoms with Crippen LogP contribution in [0.15, 0.2) is 28.0 Å². The second-order valence-electron chi connectivity index (χ2n) is 5.20. The third-order valence-electron chi connectivity index (χ3n) is 3.63. The molecular formula is C14H16N6O4. The zero-order valence-corrected chi connectivity index (χ0v) is 13.0. The highest BCUT2D eigenvalue weighted by atomic mass is 16.5. The molecule has 1 fully saturated rings. The molecule has 0 spiro atoms. The van der Waals surface area contributed by atoms with Crippen LogP contribution in [0.1, 0.15) is 10.5 Å². The lowest BCUT2D eigenvalue weighted by molar-refractivity contribution is 0.102. The molecule has 3 rings (SSSR count). The van der Waals surface area contributed by atoms with Gasteiger partial charge in [-0.2, -0.15) is 0 Å². The van der Waals surface area contributed by atoms with Crippen LogP contribution >= 0.6 is 0 Å². The molecule has 10 heteroatoms. The summed E-state index contributed by atoms with van der Waals surface area (Å²) in [5.74, 6) is 0.172. The minimum Gasteiger partial charge on any atom is -0.378 e. The number of nitrogens with one attached hydrogen (secondary N) is 2. The first-order valence-electron chi connectivity index (χ1n) is 7.31. The van der Waals surface area contributed by atoms with Crippen molar-refractivity contribution in [2.24, 2.45) is 7.05 Å². The van der Waals surface area contributed by atoms with E-state index in [2.05, 4.69) is 20.3 Å². The van der Waals surface area contributed by atoms with Gasteiger partial charge in [-0.1, -0.05) is 0 Å². The number of aromatic nitrogens is 4. The van der Waals surface area contributed by atoms with Crippen LogP contribution < -0.4 is 21.5 Å². The van der Waals surface area contributed by atoms with E-state index in [0.717, 1.165) is 10.6 Å². The molecule has 2 aromatic rings. The number of nitrogens with zero attached hydrogens (tertiary/aromatic N) is 4. The first-order chi connectivity index (χ1) is 11.5. The fraction of sp³-hybridized carbons (Fsp3) is 0.357. The minimum atomic E-state index is -0.616. The number of H-pyrrole nitrogens is 1. The standard InChI is InChI=1S/C14H16N6O4/c1-19-11(7-12(21)18-14(19)23)17-13(22)9-6-10(16-8-15-9)20-2-4-24-5-3-20/h6-8H,2-5H2,1H3,(H,17,22)(H,18,21,23). The maximum atomic E-state index is 12.4. The van der Waals surface area contributed by atoms with Gasteiger partial charge in [0.05, 0.1) is 13.2 Å². The monoisotopic (exact) mass is 332 g/mol. The lowest BCUT2D eigenvalue weighted by Gasteiger charge is -2.27. The van der Waals surface area contributed by atoms with Gasteiger partial charge in [0, 0.05) is 32.3 Å². The van der Waals surface area contributed by atoms with Crippen LogP contribution in [0.5, 0.6) is 0 Å². The largest absolute Gasteiger partial charge is 0.378 e. The topological polar surface area (TPSA) is 122 Å². The van der Waals surface area contributed by atoms with E-state index in [-0.39, 0.29) is 11.5 Å². The number of anilines is 2. The van der Waals surface area contributed by atoms with E-state index in [1.807, 2.05) is 4.90 Å². The van der Waals surface area contributed by atoms with E-state index in [1.165, 1.54) is 13.4 Å². The molecule has 1 saturated heterocycles. The van der Waals surface area contributed by atoms with Gasteiger partial charge in [-0.3, -0.25) is 19.1 Å². The number of hydrogen-bond acceptors (Lipinski definition) is 7. The number of ether oxygens (including phenoxy) is 1. The Morgan fingerprint density at radius 3 is 2.75 bits per heavy atom. The van der Waals surface area contributed by atoms with Gasteiger partial charge in [-0.05, 0) is 0 Å². The smallest absolute Gasteiger partial charge is 0.329 e. The van der Waals surface area contributed by atoms with Gasteiger partial charge in [0.2, 0.25) is 0 Å². The Balaban J connectivity index is 1.83. The van der Waals surface area contributed by atoms with Crippen molar-refractivity contribution in [3.63, 3.8) is 0 Å². The molecule has 2 aromatic heterocycles. The van der Waals surface area contributed by atoms with E-state index < -0.39 is 17.2 Å². The highest BCUT2D eigenvalue weighted by molar-refractivity contribution is 6.02. The Morgan fingerprint density at radius 1 is 1.25 bits per heavy atom. The average molecular weight is 332 g/mol. The summed E-state index contributed by atoms with van der Waals surface area (Å²) >= 11 is 0. The number of hydrogen-bond donors (Lipinski definition) is 2. The summed E-state index contributed by atoms with van der Waals surface area (Å²) in [6.45, 7) is 2.56. The van der Waals surface area contributed by atoms with Gasteiger partial charge in [0.1, 0.15) is 23.7 Å². The number of aromatic amines is 1. The van der Waals surface area contributed by atoms with Gasteiger partial charge < -0.3 is 15.0 Å². The van der Waals surface area contributed by atoms with Crippen LogP contribution in [0.3, 0.4) is 0 Å². The van der Waals surface area contributed by atoms with Crippen LogP contribution in [0.4, 0.5) is 11.6 Å². The highest BCUT2D eigenvalue weighted by Crippen LogP contribution is 2.13. The van der Waals surface area contributed by atoms with Crippen LogP contribution in [0.25, 0.3) is 0 Å². The molecule has 1 amide bonds. The van der Waals surface area contributed by atoms with Crippen molar-refractivity contribution in [2.75, 3.05) is 36.5 Å². The van der Waals surface area contributed by atoms with Crippen molar-refractivity contribution in [1.82, 2.24) is 19.5 Å². The van der Waals surface area contributed by atoms with Crippen molar-refractivity contribution in [3.8, 4) is 0 Å². The predicted octanol–water partition coefficient (Wildman–Crippen LogP) is -1.05. The summed E-state index contributed by atoms with van der Waals surface area (Å²) in [5.41, 5.74) is -1.07. The summed E-state index contributed by atoms with van der Waals surface area (Å²) in [5, 5.41) is 2.51. The molecule has 0 unspecified atom stereocenters. The summed E-state index contributed by atoms with van der Waals surface area (Å²) in [4.78, 5) is 47.5. The van der Waals surface area contributed by atoms with E-state index in [0.29, 0.717) is 32.1 Å². The van der Waals surface area contributed by atoms with E-state index in [9.17, 15) is 14.4 Å². The third kappa shape index (κ3) is 3.33. The highest BCUT2D eigenvalue weighted by Gasteiger charge is 2.16.